The summed E-state index contributed by atoms with van der Waals surface area (Å²) in [5.74, 6) is 0. The van der Waals surface area contributed by atoms with E-state index in [0.717, 1.165) is 41.3 Å². The van der Waals surface area contributed by atoms with E-state index in [0.29, 0.717) is 12.0 Å². The Kier molecular flexibility index (Phi) is 5.94. The van der Waals surface area contributed by atoms with Gasteiger partial charge in [0.25, 0.3) is 0 Å². The maximum absolute atomic E-state index is 9.71. The molecule has 2 aromatic carbocycles. The van der Waals surface area contributed by atoms with E-state index in [1.54, 1.807) is 0 Å². The molecule has 3 rings (SSSR count). The van der Waals surface area contributed by atoms with Crippen molar-refractivity contribution in [3.05, 3.63) is 64.0 Å². The van der Waals surface area contributed by atoms with Crippen LogP contribution in [-0.4, -0.2) is 47.4 Å². The second kappa shape index (κ2) is 8.19. The number of aliphatic hydroxyl groups is 1. The van der Waals surface area contributed by atoms with Crippen molar-refractivity contribution in [1.29, 1.82) is 0 Å². The predicted molar refractivity (Wildman–Crippen MR) is 106 cm³/mol. The van der Waals surface area contributed by atoms with Crippen molar-refractivity contribution in [1.82, 2.24) is 4.90 Å². The highest BCUT2D eigenvalue weighted by molar-refractivity contribution is 6.59. The fraction of sp³-hybridized carbons (Fsp3) is 0.333. The third-order valence-electron chi connectivity index (χ3n) is 5.18. The van der Waals surface area contributed by atoms with Crippen LogP contribution in [0.1, 0.15) is 24.0 Å². The van der Waals surface area contributed by atoms with Crippen molar-refractivity contribution in [2.45, 2.75) is 26.3 Å². The Morgan fingerprint density at radius 2 is 1.58 bits per heavy atom. The molecule has 136 valence electrons. The zero-order valence-electron chi connectivity index (χ0n) is 15.4. The van der Waals surface area contributed by atoms with E-state index in [2.05, 4.69) is 24.1 Å². The summed E-state index contributed by atoms with van der Waals surface area (Å²) in [7, 11) is 0.598. The molecular weight excluding hydrogens is 325 g/mol. The number of hydrogen-bond donors (Lipinski definition) is 3. The monoisotopic (exact) mass is 351 g/mol. The Labute approximate surface area is 154 Å². The molecule has 2 aromatic rings. The fourth-order valence-electron chi connectivity index (χ4n) is 3.92. The third-order valence-corrected chi connectivity index (χ3v) is 5.18. The summed E-state index contributed by atoms with van der Waals surface area (Å²) in [5, 5.41) is 31.4. The molecule has 5 heteroatoms. The van der Waals surface area contributed by atoms with Crippen molar-refractivity contribution >= 4 is 23.7 Å². The molecule has 26 heavy (non-hydrogen) atoms. The topological polar surface area (TPSA) is 63.9 Å². The van der Waals surface area contributed by atoms with Gasteiger partial charge in [0.1, 0.15) is 0 Å². The summed E-state index contributed by atoms with van der Waals surface area (Å²) in [6.07, 6.45) is 1.84. The lowest BCUT2D eigenvalue weighted by Gasteiger charge is -2.23. The fourth-order valence-corrected chi connectivity index (χ4v) is 3.92. The highest BCUT2D eigenvalue weighted by Crippen LogP contribution is 2.16. The minimum atomic E-state index is -1.45. The van der Waals surface area contributed by atoms with Gasteiger partial charge in [0.05, 0.1) is 6.61 Å². The summed E-state index contributed by atoms with van der Waals surface area (Å²) in [6, 6.07) is 14.1. The van der Waals surface area contributed by atoms with Crippen molar-refractivity contribution in [2.24, 2.45) is 0 Å². The lowest BCUT2D eigenvalue weighted by molar-refractivity contribution is 0.344. The second-order valence-corrected chi connectivity index (χ2v) is 7.10. The van der Waals surface area contributed by atoms with Gasteiger partial charge in [-0.1, -0.05) is 48.0 Å². The van der Waals surface area contributed by atoms with Crippen molar-refractivity contribution in [2.75, 3.05) is 20.2 Å². The highest BCUT2D eigenvalue weighted by atomic mass is 16.4. The smallest absolute Gasteiger partial charge is 0.423 e. The Balaban J connectivity index is 1.89. The van der Waals surface area contributed by atoms with Gasteiger partial charge in [-0.15, -0.1) is 0 Å². The standard InChI is InChI=1S/C21H26BNO3/c1-15-6-5-7-17(21(15)22(25)26)13-23(2)12-16-10-11-18(14-24)20-9-4-3-8-19(16)20/h3-9,24-26H,10-14H2,1-2H3. The maximum Gasteiger partial charge on any atom is 0.489 e. The Bertz CT molecular complexity index is 908. The summed E-state index contributed by atoms with van der Waals surface area (Å²) in [6.45, 7) is 3.47. The number of aryl methyl sites for hydroxylation is 1. The molecule has 1 aliphatic rings. The SMILES string of the molecule is Cc1cccc(CN(C)CC2=c3ccccc3=C(CO)CC2)c1B(O)O. The first-order valence-electron chi connectivity index (χ1n) is 9.04. The Morgan fingerprint density at radius 3 is 2.23 bits per heavy atom. The predicted octanol–water partition coefficient (Wildman–Crippen LogP) is -0.106. The van der Waals surface area contributed by atoms with Gasteiger partial charge in [-0.05, 0) is 59.4 Å². The van der Waals surface area contributed by atoms with Crippen LogP contribution in [0.5, 0.6) is 0 Å². The zero-order valence-corrected chi connectivity index (χ0v) is 15.4. The molecule has 0 bridgehead atoms. The third kappa shape index (κ3) is 3.91. The molecule has 0 heterocycles. The molecule has 0 aliphatic heterocycles. The maximum atomic E-state index is 9.71. The molecule has 4 nitrogen and oxygen atoms in total. The van der Waals surface area contributed by atoms with Crippen LogP contribution >= 0.6 is 0 Å². The number of rotatable bonds is 6. The van der Waals surface area contributed by atoms with Gasteiger partial charge in [0, 0.05) is 13.1 Å². The summed E-state index contributed by atoms with van der Waals surface area (Å²) in [5.41, 5.74) is 4.90. The lowest BCUT2D eigenvalue weighted by atomic mass is 9.74. The molecule has 0 amide bonds. The van der Waals surface area contributed by atoms with Gasteiger partial charge in [0.15, 0.2) is 0 Å². The number of nitrogens with zero attached hydrogens (tertiary/aromatic N) is 1. The van der Waals surface area contributed by atoms with Crippen LogP contribution in [0.2, 0.25) is 0 Å². The zero-order chi connectivity index (χ0) is 18.7. The Morgan fingerprint density at radius 1 is 0.923 bits per heavy atom. The number of aliphatic hydroxyl groups excluding tert-OH is 1. The molecule has 0 atom stereocenters. The quantitative estimate of drug-likeness (QED) is 0.636. The van der Waals surface area contributed by atoms with Crippen LogP contribution in [0.25, 0.3) is 11.1 Å². The van der Waals surface area contributed by atoms with Crippen molar-refractivity contribution < 1.29 is 15.2 Å². The molecule has 0 saturated heterocycles. The summed E-state index contributed by atoms with van der Waals surface area (Å²) in [4.78, 5) is 2.21. The minimum absolute atomic E-state index is 0.112. The van der Waals surface area contributed by atoms with E-state index in [9.17, 15) is 15.2 Å². The van der Waals surface area contributed by atoms with E-state index < -0.39 is 7.12 Å². The van der Waals surface area contributed by atoms with Crippen molar-refractivity contribution in [3.63, 3.8) is 0 Å². The second-order valence-electron chi connectivity index (χ2n) is 7.10. The molecule has 3 N–H and O–H groups in total. The van der Waals surface area contributed by atoms with Gasteiger partial charge >= 0.3 is 7.12 Å². The molecule has 1 aliphatic carbocycles. The lowest BCUT2D eigenvalue weighted by Crippen LogP contribution is -2.39. The van der Waals surface area contributed by atoms with E-state index >= 15 is 0 Å². The minimum Gasteiger partial charge on any atom is -0.423 e. The van der Waals surface area contributed by atoms with Crippen molar-refractivity contribution in [3.8, 4) is 0 Å². The van der Waals surface area contributed by atoms with Crippen LogP contribution in [0.4, 0.5) is 0 Å². The Hall–Kier alpha value is -1.92. The number of benzene rings is 2. The van der Waals surface area contributed by atoms with Gasteiger partial charge in [0.2, 0.25) is 0 Å². The average Bonchev–Trinajstić information content (AvgIpc) is 2.61. The van der Waals surface area contributed by atoms with E-state index in [1.165, 1.54) is 10.8 Å². The first-order chi connectivity index (χ1) is 12.5. The molecule has 0 radical (unpaired) electrons. The molecule has 0 fully saturated rings. The number of fused-ring (bicyclic) bond motifs is 1. The summed E-state index contributed by atoms with van der Waals surface area (Å²) >= 11 is 0. The van der Waals surface area contributed by atoms with Crippen LogP contribution in [0, 0.1) is 6.92 Å². The number of hydrogen-bond acceptors (Lipinski definition) is 4. The first-order valence-corrected chi connectivity index (χ1v) is 9.04. The average molecular weight is 351 g/mol. The molecular formula is C21H26BNO3. The largest absolute Gasteiger partial charge is 0.489 e. The highest BCUT2D eigenvalue weighted by Gasteiger charge is 2.20. The van der Waals surface area contributed by atoms with Crippen LogP contribution in [0.15, 0.2) is 42.5 Å². The van der Waals surface area contributed by atoms with Gasteiger partial charge in [-0.25, -0.2) is 0 Å². The van der Waals surface area contributed by atoms with Gasteiger partial charge < -0.3 is 15.2 Å². The molecule has 0 spiro atoms. The van der Waals surface area contributed by atoms with Gasteiger partial charge in [-0.3, -0.25) is 4.90 Å². The van der Waals surface area contributed by atoms with E-state index in [-0.39, 0.29) is 6.61 Å². The van der Waals surface area contributed by atoms with Gasteiger partial charge in [-0.2, -0.15) is 0 Å². The molecule has 0 aromatic heterocycles. The first kappa shape index (κ1) is 18.9. The molecule has 0 unspecified atom stereocenters. The molecule has 0 saturated carbocycles. The van der Waals surface area contributed by atoms with E-state index in [1.807, 2.05) is 37.3 Å². The summed E-state index contributed by atoms with van der Waals surface area (Å²) < 4.78 is 0. The van der Waals surface area contributed by atoms with Crippen LogP contribution < -0.4 is 15.9 Å². The van der Waals surface area contributed by atoms with E-state index in [4.69, 9.17) is 0 Å². The normalized spacial score (nSPS) is 13.9. The van der Waals surface area contributed by atoms with Crippen LogP contribution in [0.3, 0.4) is 0 Å². The van der Waals surface area contributed by atoms with Crippen LogP contribution in [-0.2, 0) is 6.54 Å².